The molecule has 0 aliphatic carbocycles. The summed E-state index contributed by atoms with van der Waals surface area (Å²) in [6.45, 7) is 0. The fourth-order valence-electron chi connectivity index (χ4n) is 1.14. The number of carboxylic acids is 1. The highest BCUT2D eigenvalue weighted by molar-refractivity contribution is 6.33. The highest BCUT2D eigenvalue weighted by atomic mass is 35.5. The summed E-state index contributed by atoms with van der Waals surface area (Å²) >= 11 is 5.67. The van der Waals surface area contributed by atoms with Crippen molar-refractivity contribution in [2.75, 3.05) is 0 Å². The highest BCUT2D eigenvalue weighted by Crippen LogP contribution is 2.16. The number of pyridine rings is 1. The summed E-state index contributed by atoms with van der Waals surface area (Å²) in [4.78, 5) is 18.4. The standard InChI is InChI=1S/C9H4ClN5O2/c10-6-3-12-8(1-5(6)9(16)17)15-4-13-7(2-11)14-15/h1,3-4H,(H,16,17). The molecule has 0 amide bonds. The zero-order chi connectivity index (χ0) is 12.4. The van der Waals surface area contributed by atoms with Gasteiger partial charge in [0, 0.05) is 6.20 Å². The number of hydrogen-bond donors (Lipinski definition) is 1. The maximum atomic E-state index is 10.9. The Balaban J connectivity index is 2.50. The maximum Gasteiger partial charge on any atom is 0.337 e. The van der Waals surface area contributed by atoms with Gasteiger partial charge in [0.2, 0.25) is 0 Å². The minimum Gasteiger partial charge on any atom is -0.478 e. The van der Waals surface area contributed by atoms with Gasteiger partial charge in [-0.25, -0.2) is 19.4 Å². The lowest BCUT2D eigenvalue weighted by atomic mass is 10.2. The molecule has 2 heterocycles. The van der Waals surface area contributed by atoms with Gasteiger partial charge in [0.25, 0.3) is 5.82 Å². The van der Waals surface area contributed by atoms with Gasteiger partial charge in [-0.05, 0) is 6.07 Å². The third kappa shape index (κ3) is 2.07. The SMILES string of the molecule is N#Cc1ncn(-c2cc(C(=O)O)c(Cl)cn2)n1. The molecular weight excluding hydrogens is 246 g/mol. The summed E-state index contributed by atoms with van der Waals surface area (Å²) in [7, 11) is 0. The first kappa shape index (κ1) is 11.0. The number of hydrogen-bond acceptors (Lipinski definition) is 5. The van der Waals surface area contributed by atoms with E-state index in [1.54, 1.807) is 6.07 Å². The van der Waals surface area contributed by atoms with Crippen molar-refractivity contribution in [2.24, 2.45) is 0 Å². The minimum absolute atomic E-state index is 0.0291. The van der Waals surface area contributed by atoms with E-state index in [9.17, 15) is 4.79 Å². The van der Waals surface area contributed by atoms with Crippen molar-refractivity contribution in [3.8, 4) is 11.9 Å². The van der Waals surface area contributed by atoms with Gasteiger partial charge in [0.15, 0.2) is 5.82 Å². The van der Waals surface area contributed by atoms with E-state index in [-0.39, 0.29) is 22.2 Å². The topological polar surface area (TPSA) is 105 Å². The number of carbonyl (C=O) groups is 1. The maximum absolute atomic E-state index is 10.9. The minimum atomic E-state index is -1.17. The summed E-state index contributed by atoms with van der Waals surface area (Å²) in [6.07, 6.45) is 2.47. The van der Waals surface area contributed by atoms with Crippen molar-refractivity contribution >= 4 is 17.6 Å². The largest absolute Gasteiger partial charge is 0.478 e. The second-order valence-electron chi connectivity index (χ2n) is 2.95. The molecule has 0 aromatic carbocycles. The van der Waals surface area contributed by atoms with Crippen LogP contribution in [0, 0.1) is 11.3 Å². The Bertz CT molecular complexity index is 631. The summed E-state index contributed by atoms with van der Waals surface area (Å²) < 4.78 is 1.20. The van der Waals surface area contributed by atoms with Crippen LogP contribution < -0.4 is 0 Å². The number of nitrogens with zero attached hydrogens (tertiary/aromatic N) is 5. The Morgan fingerprint density at radius 3 is 2.88 bits per heavy atom. The molecule has 0 aliphatic heterocycles. The quantitative estimate of drug-likeness (QED) is 0.847. The van der Waals surface area contributed by atoms with Crippen molar-refractivity contribution in [1.82, 2.24) is 19.7 Å². The van der Waals surface area contributed by atoms with E-state index < -0.39 is 5.97 Å². The van der Waals surface area contributed by atoms with Crippen LogP contribution in [-0.2, 0) is 0 Å². The van der Waals surface area contributed by atoms with E-state index in [1.807, 2.05) is 0 Å². The van der Waals surface area contributed by atoms with Crippen LogP contribution in [0.3, 0.4) is 0 Å². The third-order valence-electron chi connectivity index (χ3n) is 1.90. The Morgan fingerprint density at radius 1 is 1.53 bits per heavy atom. The van der Waals surface area contributed by atoms with Crippen LogP contribution in [0.2, 0.25) is 5.02 Å². The molecule has 0 aliphatic rings. The highest BCUT2D eigenvalue weighted by Gasteiger charge is 2.12. The second-order valence-corrected chi connectivity index (χ2v) is 3.36. The van der Waals surface area contributed by atoms with Crippen molar-refractivity contribution < 1.29 is 9.90 Å². The van der Waals surface area contributed by atoms with Crippen LogP contribution in [0.25, 0.3) is 5.82 Å². The zero-order valence-corrected chi connectivity index (χ0v) is 8.96. The summed E-state index contributed by atoms with van der Waals surface area (Å²) in [5.41, 5.74) is -0.0920. The fraction of sp³-hybridized carbons (Fsp3) is 0. The van der Waals surface area contributed by atoms with Crippen molar-refractivity contribution in [1.29, 1.82) is 5.26 Å². The lowest BCUT2D eigenvalue weighted by Gasteiger charge is -2.02. The van der Waals surface area contributed by atoms with Gasteiger partial charge in [-0.15, -0.1) is 5.10 Å². The van der Waals surface area contributed by atoms with Crippen molar-refractivity contribution in [3.63, 3.8) is 0 Å². The molecule has 2 rings (SSSR count). The average Bonchev–Trinajstić information content (AvgIpc) is 2.78. The first-order valence-electron chi connectivity index (χ1n) is 4.33. The Labute approximate surface area is 99.9 Å². The van der Waals surface area contributed by atoms with Crippen LogP contribution in [-0.4, -0.2) is 30.8 Å². The van der Waals surface area contributed by atoms with E-state index in [4.69, 9.17) is 22.0 Å². The Hall–Kier alpha value is -2.46. The number of halogens is 1. The molecule has 2 aromatic heterocycles. The number of carboxylic acid groups (broad SMARTS) is 1. The van der Waals surface area contributed by atoms with Crippen molar-refractivity contribution in [3.05, 3.63) is 35.0 Å². The Kier molecular flexibility index (Phi) is 2.72. The van der Waals surface area contributed by atoms with Crippen LogP contribution in [0.15, 0.2) is 18.6 Å². The molecule has 0 saturated heterocycles. The lowest BCUT2D eigenvalue weighted by Crippen LogP contribution is -2.04. The zero-order valence-electron chi connectivity index (χ0n) is 8.20. The molecule has 17 heavy (non-hydrogen) atoms. The van der Waals surface area contributed by atoms with E-state index in [1.165, 1.54) is 23.3 Å². The second kappa shape index (κ2) is 4.19. The van der Waals surface area contributed by atoms with Crippen LogP contribution in [0.4, 0.5) is 0 Å². The van der Waals surface area contributed by atoms with Crippen molar-refractivity contribution in [2.45, 2.75) is 0 Å². The number of nitriles is 1. The van der Waals surface area contributed by atoms with Gasteiger partial charge < -0.3 is 5.11 Å². The van der Waals surface area contributed by atoms with Gasteiger partial charge in [0.05, 0.1) is 10.6 Å². The number of rotatable bonds is 2. The van der Waals surface area contributed by atoms with Gasteiger partial charge in [-0.1, -0.05) is 11.6 Å². The van der Waals surface area contributed by atoms with Gasteiger partial charge in [0.1, 0.15) is 12.4 Å². The fourth-order valence-corrected chi connectivity index (χ4v) is 1.33. The molecule has 0 spiro atoms. The van der Waals surface area contributed by atoms with Crippen LogP contribution >= 0.6 is 11.6 Å². The Morgan fingerprint density at radius 2 is 2.29 bits per heavy atom. The normalized spacial score (nSPS) is 9.88. The first-order chi connectivity index (χ1) is 8.11. The summed E-state index contributed by atoms with van der Waals surface area (Å²) in [6, 6.07) is 3.00. The van der Waals surface area contributed by atoms with Gasteiger partial charge in [-0.2, -0.15) is 5.26 Å². The molecule has 0 bridgehead atoms. The number of aromatic carboxylic acids is 1. The van der Waals surface area contributed by atoms with Crippen LogP contribution in [0.1, 0.15) is 16.2 Å². The van der Waals surface area contributed by atoms with E-state index in [2.05, 4.69) is 15.1 Å². The van der Waals surface area contributed by atoms with Crippen LogP contribution in [0.5, 0.6) is 0 Å². The molecule has 2 aromatic rings. The molecule has 0 saturated carbocycles. The molecule has 84 valence electrons. The van der Waals surface area contributed by atoms with Gasteiger partial charge >= 0.3 is 5.97 Å². The third-order valence-corrected chi connectivity index (χ3v) is 2.20. The molecule has 0 fully saturated rings. The molecule has 0 radical (unpaired) electrons. The predicted molar refractivity (Wildman–Crippen MR) is 55.8 cm³/mol. The van der Waals surface area contributed by atoms with E-state index in [0.29, 0.717) is 0 Å². The summed E-state index contributed by atoms with van der Waals surface area (Å²) in [5.74, 6) is -0.973. The molecule has 0 atom stereocenters. The van der Waals surface area contributed by atoms with Gasteiger partial charge in [-0.3, -0.25) is 0 Å². The monoisotopic (exact) mass is 249 g/mol. The molecule has 8 heteroatoms. The lowest BCUT2D eigenvalue weighted by molar-refractivity contribution is 0.0697. The average molecular weight is 250 g/mol. The molecule has 7 nitrogen and oxygen atoms in total. The predicted octanol–water partition coefficient (Wildman–Crippen LogP) is 0.886. The van der Waals surface area contributed by atoms with E-state index >= 15 is 0 Å². The first-order valence-corrected chi connectivity index (χ1v) is 4.70. The molecular formula is C9H4ClN5O2. The smallest absolute Gasteiger partial charge is 0.337 e. The molecule has 1 N–H and O–H groups in total. The molecule has 0 unspecified atom stereocenters. The van der Waals surface area contributed by atoms with E-state index in [0.717, 1.165) is 0 Å². The summed E-state index contributed by atoms with van der Waals surface area (Å²) in [5, 5.41) is 21.2. The number of aromatic nitrogens is 4.